The molecule has 15 heavy (non-hydrogen) atoms. The van der Waals surface area contributed by atoms with Crippen molar-refractivity contribution in [1.82, 2.24) is 10.2 Å². The van der Waals surface area contributed by atoms with Gasteiger partial charge in [0.2, 0.25) is 5.91 Å². The van der Waals surface area contributed by atoms with E-state index < -0.39 is 0 Å². The van der Waals surface area contributed by atoms with Gasteiger partial charge in [0.1, 0.15) is 0 Å². The van der Waals surface area contributed by atoms with E-state index in [0.29, 0.717) is 0 Å². The summed E-state index contributed by atoms with van der Waals surface area (Å²) in [6, 6.07) is -0.138. The maximum Gasteiger partial charge on any atom is 0.238 e. The summed E-state index contributed by atoms with van der Waals surface area (Å²) < 4.78 is 5.64. The van der Waals surface area contributed by atoms with Crippen LogP contribution in [0.2, 0.25) is 0 Å². The minimum Gasteiger partial charge on any atom is -0.374 e. The Hall–Kier alpha value is -0.610. The van der Waals surface area contributed by atoms with Gasteiger partial charge in [-0.3, -0.25) is 4.79 Å². The Morgan fingerprint density at radius 1 is 1.60 bits per heavy atom. The van der Waals surface area contributed by atoms with Gasteiger partial charge < -0.3 is 15.0 Å². The summed E-state index contributed by atoms with van der Waals surface area (Å²) in [5.41, 5.74) is -0.0825. The Morgan fingerprint density at radius 3 is 2.73 bits per heavy atom. The first-order valence-electron chi connectivity index (χ1n) is 5.53. The minimum atomic E-state index is -0.138. The zero-order valence-corrected chi connectivity index (χ0v) is 10.2. The number of nitrogens with zero attached hydrogens (tertiary/aromatic N) is 1. The molecule has 1 saturated heterocycles. The molecule has 0 saturated carbocycles. The standard InChI is InChI=1S/C11H22N2O2/c1-9(10(14)13(3)4)12-8-11(2)6-5-7-15-11/h9,12H,5-8H2,1-4H3. The van der Waals surface area contributed by atoms with Crippen LogP contribution in [0, 0.1) is 0 Å². The fourth-order valence-corrected chi connectivity index (χ4v) is 1.82. The van der Waals surface area contributed by atoms with E-state index in [1.54, 1.807) is 19.0 Å². The highest BCUT2D eigenvalue weighted by molar-refractivity contribution is 5.80. The van der Waals surface area contributed by atoms with Gasteiger partial charge in [-0.2, -0.15) is 0 Å². The lowest BCUT2D eigenvalue weighted by atomic mass is 10.0. The molecular weight excluding hydrogens is 192 g/mol. The van der Waals surface area contributed by atoms with E-state index in [1.807, 2.05) is 6.92 Å². The van der Waals surface area contributed by atoms with Crippen molar-refractivity contribution in [1.29, 1.82) is 0 Å². The van der Waals surface area contributed by atoms with E-state index in [-0.39, 0.29) is 17.6 Å². The fraction of sp³-hybridized carbons (Fsp3) is 0.909. The predicted molar refractivity (Wildman–Crippen MR) is 59.7 cm³/mol. The molecule has 88 valence electrons. The maximum absolute atomic E-state index is 11.6. The number of carbonyl (C=O) groups is 1. The number of hydrogen-bond donors (Lipinski definition) is 1. The zero-order chi connectivity index (χ0) is 11.5. The van der Waals surface area contributed by atoms with Crippen LogP contribution in [-0.4, -0.2) is 49.7 Å². The number of rotatable bonds is 4. The summed E-state index contributed by atoms with van der Waals surface area (Å²) in [7, 11) is 3.54. The number of nitrogens with one attached hydrogen (secondary N) is 1. The highest BCUT2D eigenvalue weighted by atomic mass is 16.5. The van der Waals surface area contributed by atoms with Gasteiger partial charge in [-0.1, -0.05) is 0 Å². The maximum atomic E-state index is 11.6. The van der Waals surface area contributed by atoms with Crippen molar-refractivity contribution in [2.45, 2.75) is 38.3 Å². The molecule has 1 N–H and O–H groups in total. The Morgan fingerprint density at radius 2 is 2.27 bits per heavy atom. The number of ether oxygens (including phenoxy) is 1. The van der Waals surface area contributed by atoms with Gasteiger partial charge in [0, 0.05) is 27.2 Å². The molecule has 1 amide bonds. The monoisotopic (exact) mass is 214 g/mol. The highest BCUT2D eigenvalue weighted by Gasteiger charge is 2.30. The topological polar surface area (TPSA) is 41.6 Å². The third kappa shape index (κ3) is 3.47. The van der Waals surface area contributed by atoms with E-state index in [9.17, 15) is 4.79 Å². The summed E-state index contributed by atoms with van der Waals surface area (Å²) in [5, 5.41) is 3.23. The van der Waals surface area contributed by atoms with Crippen LogP contribution in [0.15, 0.2) is 0 Å². The van der Waals surface area contributed by atoms with Crippen LogP contribution >= 0.6 is 0 Å². The lowest BCUT2D eigenvalue weighted by Gasteiger charge is -2.26. The Labute approximate surface area is 92.0 Å². The van der Waals surface area contributed by atoms with Gasteiger partial charge >= 0.3 is 0 Å². The lowest BCUT2D eigenvalue weighted by molar-refractivity contribution is -0.130. The van der Waals surface area contributed by atoms with Crippen LogP contribution in [0.3, 0.4) is 0 Å². The highest BCUT2D eigenvalue weighted by Crippen LogP contribution is 2.23. The Kier molecular flexibility index (Phi) is 4.11. The molecule has 0 radical (unpaired) electrons. The molecule has 0 aromatic heterocycles. The second-order valence-electron chi connectivity index (χ2n) is 4.74. The van der Waals surface area contributed by atoms with Crippen molar-refractivity contribution in [3.63, 3.8) is 0 Å². The molecule has 0 aromatic rings. The van der Waals surface area contributed by atoms with Crippen molar-refractivity contribution in [3.05, 3.63) is 0 Å². The molecule has 0 bridgehead atoms. The van der Waals surface area contributed by atoms with Crippen LogP contribution in [0.1, 0.15) is 26.7 Å². The minimum absolute atomic E-state index is 0.0825. The van der Waals surface area contributed by atoms with Crippen LogP contribution < -0.4 is 5.32 Å². The molecule has 4 nitrogen and oxygen atoms in total. The summed E-state index contributed by atoms with van der Waals surface area (Å²) in [4.78, 5) is 13.2. The molecule has 0 aromatic carbocycles. The molecule has 2 atom stereocenters. The Bertz CT molecular complexity index is 223. The molecular formula is C11H22N2O2. The second kappa shape index (κ2) is 4.94. The number of hydrogen-bond acceptors (Lipinski definition) is 3. The predicted octanol–water partition coefficient (Wildman–Crippen LogP) is 0.622. The van der Waals surface area contributed by atoms with Crippen molar-refractivity contribution >= 4 is 5.91 Å². The van der Waals surface area contributed by atoms with Crippen molar-refractivity contribution < 1.29 is 9.53 Å². The van der Waals surface area contributed by atoms with E-state index in [4.69, 9.17) is 4.74 Å². The molecule has 1 aliphatic heterocycles. The average molecular weight is 214 g/mol. The first-order chi connectivity index (χ1) is 6.94. The number of carbonyl (C=O) groups excluding carboxylic acids is 1. The summed E-state index contributed by atoms with van der Waals surface area (Å²) in [6.45, 7) is 5.57. The lowest BCUT2D eigenvalue weighted by Crippen LogP contribution is -2.47. The van der Waals surface area contributed by atoms with Crippen LogP contribution in [0.4, 0.5) is 0 Å². The van der Waals surface area contributed by atoms with Crippen molar-refractivity contribution in [2.75, 3.05) is 27.2 Å². The third-order valence-electron chi connectivity index (χ3n) is 2.89. The first kappa shape index (κ1) is 12.5. The van der Waals surface area contributed by atoms with Gasteiger partial charge in [-0.15, -0.1) is 0 Å². The summed E-state index contributed by atoms with van der Waals surface area (Å²) in [5.74, 6) is 0.108. The molecule has 2 unspecified atom stereocenters. The largest absolute Gasteiger partial charge is 0.374 e. The third-order valence-corrected chi connectivity index (χ3v) is 2.89. The second-order valence-corrected chi connectivity index (χ2v) is 4.74. The normalized spacial score (nSPS) is 27.7. The summed E-state index contributed by atoms with van der Waals surface area (Å²) >= 11 is 0. The van der Waals surface area contributed by atoms with Crippen LogP contribution in [-0.2, 0) is 9.53 Å². The molecule has 1 rings (SSSR count). The van der Waals surface area contributed by atoms with E-state index >= 15 is 0 Å². The van der Waals surface area contributed by atoms with E-state index in [0.717, 1.165) is 26.0 Å². The molecule has 1 fully saturated rings. The first-order valence-corrected chi connectivity index (χ1v) is 5.53. The Balaban J connectivity index is 2.33. The quantitative estimate of drug-likeness (QED) is 0.746. The van der Waals surface area contributed by atoms with Gasteiger partial charge in [-0.05, 0) is 26.7 Å². The van der Waals surface area contributed by atoms with Crippen LogP contribution in [0.5, 0.6) is 0 Å². The van der Waals surface area contributed by atoms with Crippen molar-refractivity contribution in [2.24, 2.45) is 0 Å². The SMILES string of the molecule is CC(NCC1(C)CCCO1)C(=O)N(C)C. The number of amides is 1. The molecule has 4 heteroatoms. The molecule has 0 spiro atoms. The van der Waals surface area contributed by atoms with Gasteiger partial charge in [-0.25, -0.2) is 0 Å². The molecule has 0 aliphatic carbocycles. The van der Waals surface area contributed by atoms with Gasteiger partial charge in [0.15, 0.2) is 0 Å². The number of likely N-dealkylation sites (N-methyl/N-ethyl adjacent to an activating group) is 1. The van der Waals surface area contributed by atoms with E-state index in [2.05, 4.69) is 12.2 Å². The van der Waals surface area contributed by atoms with Gasteiger partial charge in [0.05, 0.1) is 11.6 Å². The summed E-state index contributed by atoms with van der Waals surface area (Å²) in [6.07, 6.45) is 2.19. The van der Waals surface area contributed by atoms with Crippen LogP contribution in [0.25, 0.3) is 0 Å². The van der Waals surface area contributed by atoms with E-state index in [1.165, 1.54) is 0 Å². The average Bonchev–Trinajstić information content (AvgIpc) is 2.61. The zero-order valence-electron chi connectivity index (χ0n) is 10.2. The smallest absolute Gasteiger partial charge is 0.238 e. The van der Waals surface area contributed by atoms with Crippen molar-refractivity contribution in [3.8, 4) is 0 Å². The van der Waals surface area contributed by atoms with Gasteiger partial charge in [0.25, 0.3) is 0 Å². The fourth-order valence-electron chi connectivity index (χ4n) is 1.82. The molecule has 1 heterocycles. The molecule has 1 aliphatic rings.